The van der Waals surface area contributed by atoms with Crippen LogP contribution >= 0.6 is 0 Å². The molecule has 0 saturated carbocycles. The summed E-state index contributed by atoms with van der Waals surface area (Å²) < 4.78 is 5.67. The SMILES string of the molecule is CC1CN(C(=O)NCC2CCCN(C(C)C)C2)CC(C)O1. The maximum Gasteiger partial charge on any atom is 0.317 e. The number of carbonyl (C=O) groups is 1. The molecule has 2 heterocycles. The number of nitrogens with zero attached hydrogens (tertiary/aromatic N) is 2. The molecule has 2 aliphatic rings. The first-order chi connectivity index (χ1) is 9.95. The number of hydrogen-bond acceptors (Lipinski definition) is 3. The molecule has 5 nitrogen and oxygen atoms in total. The van der Waals surface area contributed by atoms with Crippen LogP contribution in [0.4, 0.5) is 4.79 Å². The Morgan fingerprint density at radius 1 is 1.24 bits per heavy atom. The van der Waals surface area contributed by atoms with Gasteiger partial charge in [-0.3, -0.25) is 0 Å². The standard InChI is InChI=1S/C16H31N3O2/c1-12(2)18-7-5-6-15(11-18)8-17-16(20)19-9-13(3)21-14(4)10-19/h12-15H,5-11H2,1-4H3,(H,17,20). The first-order valence-corrected chi connectivity index (χ1v) is 8.38. The van der Waals surface area contributed by atoms with Crippen LogP contribution in [-0.2, 0) is 4.74 Å². The predicted molar refractivity (Wildman–Crippen MR) is 84.4 cm³/mol. The highest BCUT2D eigenvalue weighted by Gasteiger charge is 2.27. The Balaban J connectivity index is 1.75. The molecule has 2 amide bonds. The summed E-state index contributed by atoms with van der Waals surface area (Å²) in [7, 11) is 0. The Bertz CT molecular complexity index is 338. The number of urea groups is 1. The molecule has 0 aromatic heterocycles. The summed E-state index contributed by atoms with van der Waals surface area (Å²) in [6.07, 6.45) is 2.72. The molecule has 2 saturated heterocycles. The van der Waals surface area contributed by atoms with Gasteiger partial charge in [-0.05, 0) is 53.0 Å². The summed E-state index contributed by atoms with van der Waals surface area (Å²) in [5.41, 5.74) is 0. The highest BCUT2D eigenvalue weighted by atomic mass is 16.5. The third-order valence-corrected chi connectivity index (χ3v) is 4.53. The zero-order valence-electron chi connectivity index (χ0n) is 14.0. The van der Waals surface area contributed by atoms with Gasteiger partial charge in [0.2, 0.25) is 0 Å². The Kier molecular flexibility index (Phi) is 5.88. The fraction of sp³-hybridized carbons (Fsp3) is 0.938. The van der Waals surface area contributed by atoms with E-state index in [2.05, 4.69) is 24.1 Å². The maximum absolute atomic E-state index is 12.3. The summed E-state index contributed by atoms with van der Waals surface area (Å²) in [6, 6.07) is 0.670. The van der Waals surface area contributed by atoms with Crippen LogP contribution in [0.3, 0.4) is 0 Å². The quantitative estimate of drug-likeness (QED) is 0.865. The number of ether oxygens (including phenoxy) is 1. The third-order valence-electron chi connectivity index (χ3n) is 4.53. The molecule has 0 aromatic rings. The summed E-state index contributed by atoms with van der Waals surface area (Å²) in [4.78, 5) is 16.7. The minimum absolute atomic E-state index is 0.0682. The molecule has 1 N–H and O–H groups in total. The normalized spacial score (nSPS) is 31.5. The minimum atomic E-state index is 0.0682. The van der Waals surface area contributed by atoms with E-state index >= 15 is 0 Å². The Morgan fingerprint density at radius 2 is 1.90 bits per heavy atom. The molecule has 0 spiro atoms. The van der Waals surface area contributed by atoms with Crippen LogP contribution in [0.1, 0.15) is 40.5 Å². The van der Waals surface area contributed by atoms with E-state index in [1.54, 1.807) is 0 Å². The molecule has 2 fully saturated rings. The molecule has 0 bridgehead atoms. The summed E-state index contributed by atoms with van der Waals surface area (Å²) in [6.45, 7) is 13.0. The fourth-order valence-corrected chi connectivity index (χ4v) is 3.42. The topological polar surface area (TPSA) is 44.8 Å². The summed E-state index contributed by atoms with van der Waals surface area (Å²) in [5, 5.41) is 3.13. The van der Waals surface area contributed by atoms with Gasteiger partial charge in [-0.2, -0.15) is 0 Å². The monoisotopic (exact) mass is 297 g/mol. The van der Waals surface area contributed by atoms with E-state index in [9.17, 15) is 4.79 Å². The zero-order valence-corrected chi connectivity index (χ0v) is 14.0. The highest BCUT2D eigenvalue weighted by Crippen LogP contribution is 2.18. The van der Waals surface area contributed by atoms with Crippen LogP contribution in [-0.4, -0.2) is 66.8 Å². The van der Waals surface area contributed by atoms with Crippen LogP contribution < -0.4 is 5.32 Å². The molecule has 2 rings (SSSR count). The van der Waals surface area contributed by atoms with E-state index in [0.29, 0.717) is 25.0 Å². The van der Waals surface area contributed by atoms with Gasteiger partial charge in [-0.15, -0.1) is 0 Å². The number of nitrogens with one attached hydrogen (secondary N) is 1. The molecule has 0 aromatic carbocycles. The van der Waals surface area contributed by atoms with E-state index in [0.717, 1.165) is 13.1 Å². The smallest absolute Gasteiger partial charge is 0.317 e. The fourth-order valence-electron chi connectivity index (χ4n) is 3.42. The Morgan fingerprint density at radius 3 is 2.52 bits per heavy atom. The van der Waals surface area contributed by atoms with E-state index in [4.69, 9.17) is 4.74 Å². The molecule has 21 heavy (non-hydrogen) atoms. The molecule has 0 radical (unpaired) electrons. The van der Waals surface area contributed by atoms with Crippen molar-refractivity contribution in [1.82, 2.24) is 15.1 Å². The van der Waals surface area contributed by atoms with Crippen LogP contribution in [0, 0.1) is 5.92 Å². The number of carbonyl (C=O) groups excluding carboxylic acids is 1. The van der Waals surface area contributed by atoms with Crippen molar-refractivity contribution in [3.63, 3.8) is 0 Å². The molecule has 3 unspecified atom stereocenters. The third kappa shape index (κ3) is 4.85. The van der Waals surface area contributed by atoms with Gasteiger partial charge in [0.1, 0.15) is 0 Å². The molecule has 5 heteroatoms. The number of piperidine rings is 1. The first-order valence-electron chi connectivity index (χ1n) is 8.38. The predicted octanol–water partition coefficient (Wildman–Crippen LogP) is 1.93. The second-order valence-electron chi connectivity index (χ2n) is 6.95. The van der Waals surface area contributed by atoms with Gasteiger partial charge in [0.25, 0.3) is 0 Å². The van der Waals surface area contributed by atoms with Crippen molar-refractivity contribution < 1.29 is 9.53 Å². The minimum Gasteiger partial charge on any atom is -0.372 e. The second kappa shape index (κ2) is 7.45. The van der Waals surface area contributed by atoms with E-state index < -0.39 is 0 Å². The lowest BCUT2D eigenvalue weighted by Gasteiger charge is -2.37. The average molecular weight is 297 g/mol. The van der Waals surface area contributed by atoms with Crippen molar-refractivity contribution >= 4 is 6.03 Å². The lowest BCUT2D eigenvalue weighted by molar-refractivity contribution is -0.0546. The van der Waals surface area contributed by atoms with Crippen molar-refractivity contribution in [3.8, 4) is 0 Å². The summed E-state index contributed by atoms with van der Waals surface area (Å²) >= 11 is 0. The van der Waals surface area contributed by atoms with Gasteiger partial charge >= 0.3 is 6.03 Å². The molecular formula is C16H31N3O2. The van der Waals surface area contributed by atoms with Gasteiger partial charge in [-0.25, -0.2) is 4.79 Å². The van der Waals surface area contributed by atoms with Crippen molar-refractivity contribution in [2.45, 2.75) is 58.8 Å². The number of morpholine rings is 1. The van der Waals surface area contributed by atoms with Gasteiger partial charge in [0.05, 0.1) is 12.2 Å². The van der Waals surface area contributed by atoms with E-state index in [1.807, 2.05) is 18.7 Å². The van der Waals surface area contributed by atoms with Crippen LogP contribution in [0.25, 0.3) is 0 Å². The highest BCUT2D eigenvalue weighted by molar-refractivity contribution is 5.74. The lowest BCUT2D eigenvalue weighted by Crippen LogP contribution is -2.53. The molecule has 0 aliphatic carbocycles. The second-order valence-corrected chi connectivity index (χ2v) is 6.95. The summed E-state index contributed by atoms with van der Waals surface area (Å²) in [5.74, 6) is 0.584. The van der Waals surface area contributed by atoms with E-state index in [1.165, 1.54) is 19.4 Å². The van der Waals surface area contributed by atoms with Gasteiger partial charge in [0, 0.05) is 32.2 Å². The Labute approximate surface area is 129 Å². The Hall–Kier alpha value is -0.810. The van der Waals surface area contributed by atoms with Gasteiger partial charge < -0.3 is 19.9 Å². The van der Waals surface area contributed by atoms with Crippen molar-refractivity contribution in [3.05, 3.63) is 0 Å². The van der Waals surface area contributed by atoms with Crippen molar-refractivity contribution in [1.29, 1.82) is 0 Å². The van der Waals surface area contributed by atoms with Crippen LogP contribution in [0.2, 0.25) is 0 Å². The number of hydrogen-bond donors (Lipinski definition) is 1. The number of likely N-dealkylation sites (tertiary alicyclic amines) is 1. The average Bonchev–Trinajstić information content (AvgIpc) is 2.44. The lowest BCUT2D eigenvalue weighted by atomic mass is 9.97. The maximum atomic E-state index is 12.3. The molecular weight excluding hydrogens is 266 g/mol. The number of amides is 2. The van der Waals surface area contributed by atoms with Gasteiger partial charge in [0.15, 0.2) is 0 Å². The van der Waals surface area contributed by atoms with Gasteiger partial charge in [-0.1, -0.05) is 0 Å². The number of rotatable bonds is 3. The largest absolute Gasteiger partial charge is 0.372 e. The van der Waals surface area contributed by atoms with Crippen LogP contribution in [0.5, 0.6) is 0 Å². The first kappa shape index (κ1) is 16.6. The van der Waals surface area contributed by atoms with E-state index in [-0.39, 0.29) is 18.2 Å². The molecule has 2 aliphatic heterocycles. The molecule has 3 atom stereocenters. The van der Waals surface area contributed by atoms with Crippen molar-refractivity contribution in [2.75, 3.05) is 32.7 Å². The van der Waals surface area contributed by atoms with Crippen LogP contribution in [0.15, 0.2) is 0 Å². The molecule has 122 valence electrons. The zero-order chi connectivity index (χ0) is 15.4. The van der Waals surface area contributed by atoms with Crippen molar-refractivity contribution in [2.24, 2.45) is 5.92 Å².